The fraction of sp³-hybridized carbons (Fsp3) is 0.182. The lowest BCUT2D eigenvalue weighted by molar-refractivity contribution is -0.118. The number of hydrazone groups is 1. The molecule has 3 N–H and O–H groups in total. The summed E-state index contributed by atoms with van der Waals surface area (Å²) < 4.78 is 7.70. The number of thioether (sulfide) groups is 1. The Kier molecular flexibility index (Phi) is 8.90. The molecular formula is C22H23BrN6O3S. The van der Waals surface area contributed by atoms with Gasteiger partial charge in [-0.3, -0.25) is 4.79 Å². The largest absolute Gasteiger partial charge is 0.504 e. The fourth-order valence-electron chi connectivity index (χ4n) is 2.79. The van der Waals surface area contributed by atoms with Crippen molar-refractivity contribution in [3.8, 4) is 11.5 Å². The number of aromatic nitrogens is 3. The summed E-state index contributed by atoms with van der Waals surface area (Å²) in [6.07, 6.45) is 3.10. The number of nitrogens with zero attached hydrogens (tertiary/aromatic N) is 4. The molecule has 172 valence electrons. The first-order valence-electron chi connectivity index (χ1n) is 9.85. The summed E-state index contributed by atoms with van der Waals surface area (Å²) in [6, 6.07) is 13.1. The fourth-order valence-corrected chi connectivity index (χ4v) is 4.00. The molecule has 0 spiro atoms. The van der Waals surface area contributed by atoms with E-state index in [0.29, 0.717) is 34.0 Å². The van der Waals surface area contributed by atoms with E-state index in [-0.39, 0.29) is 17.4 Å². The molecule has 0 saturated heterocycles. The predicted molar refractivity (Wildman–Crippen MR) is 133 cm³/mol. The molecule has 9 nitrogen and oxygen atoms in total. The van der Waals surface area contributed by atoms with Gasteiger partial charge in [-0.25, -0.2) is 5.43 Å². The summed E-state index contributed by atoms with van der Waals surface area (Å²) >= 11 is 4.58. The van der Waals surface area contributed by atoms with Gasteiger partial charge in [0.15, 0.2) is 22.5 Å². The molecule has 3 aromatic rings. The standard InChI is InChI=1S/C22H23BrN6O3S/c1-3-9-29-19(13-24-17-7-5-4-6-8-17)26-28-22(29)33-14-20(30)27-25-12-15-10-16(23)11-18(32-2)21(15)31/h3-8,10-12,24,31H,1,9,13-14H2,2H3,(H,27,30)/b25-12-. The number of para-hydroxylation sites is 1. The molecule has 33 heavy (non-hydrogen) atoms. The van der Waals surface area contributed by atoms with E-state index < -0.39 is 0 Å². The molecule has 0 bridgehead atoms. The third-order valence-corrected chi connectivity index (χ3v) is 5.77. The second-order valence-corrected chi connectivity index (χ2v) is 8.50. The zero-order valence-corrected chi connectivity index (χ0v) is 20.3. The third-order valence-electron chi connectivity index (χ3n) is 4.34. The van der Waals surface area contributed by atoms with Crippen molar-refractivity contribution in [3.63, 3.8) is 0 Å². The van der Waals surface area contributed by atoms with Crippen molar-refractivity contribution in [2.45, 2.75) is 18.2 Å². The van der Waals surface area contributed by atoms with Gasteiger partial charge in [0.05, 0.1) is 25.6 Å². The van der Waals surface area contributed by atoms with Crippen molar-refractivity contribution in [2.75, 3.05) is 18.2 Å². The summed E-state index contributed by atoms with van der Waals surface area (Å²) in [6.45, 7) is 4.80. The molecule has 0 radical (unpaired) electrons. The Morgan fingerprint density at radius 2 is 2.12 bits per heavy atom. The Morgan fingerprint density at radius 1 is 1.33 bits per heavy atom. The minimum Gasteiger partial charge on any atom is -0.504 e. The molecular weight excluding hydrogens is 508 g/mol. The molecule has 0 saturated carbocycles. The molecule has 1 heterocycles. The average Bonchev–Trinajstić information content (AvgIpc) is 3.20. The lowest BCUT2D eigenvalue weighted by Crippen LogP contribution is -2.20. The molecule has 0 unspecified atom stereocenters. The van der Waals surface area contributed by atoms with Crippen LogP contribution in [0, 0.1) is 0 Å². The number of halogens is 1. The highest BCUT2D eigenvalue weighted by atomic mass is 79.9. The normalized spacial score (nSPS) is 10.8. The van der Waals surface area contributed by atoms with Gasteiger partial charge in [-0.05, 0) is 24.3 Å². The highest BCUT2D eigenvalue weighted by Crippen LogP contribution is 2.32. The maximum atomic E-state index is 12.2. The van der Waals surface area contributed by atoms with Crippen LogP contribution in [0.2, 0.25) is 0 Å². The van der Waals surface area contributed by atoms with Gasteiger partial charge >= 0.3 is 0 Å². The molecule has 0 fully saturated rings. The quantitative estimate of drug-likeness (QED) is 0.149. The van der Waals surface area contributed by atoms with E-state index in [9.17, 15) is 9.90 Å². The SMILES string of the molecule is C=CCn1c(CNc2ccccc2)nnc1SCC(=O)N/N=C\c1cc(Br)cc(OC)c1O. The van der Waals surface area contributed by atoms with Crippen LogP contribution in [0.3, 0.4) is 0 Å². The van der Waals surface area contributed by atoms with E-state index in [1.165, 1.54) is 25.1 Å². The lowest BCUT2D eigenvalue weighted by Gasteiger charge is -2.09. The highest BCUT2D eigenvalue weighted by Gasteiger charge is 2.13. The molecule has 0 aliphatic heterocycles. The number of ether oxygens (including phenoxy) is 1. The molecule has 0 aliphatic carbocycles. The Balaban J connectivity index is 1.57. The topological polar surface area (TPSA) is 114 Å². The number of phenols is 1. The van der Waals surface area contributed by atoms with Crippen LogP contribution in [0.5, 0.6) is 11.5 Å². The summed E-state index contributed by atoms with van der Waals surface area (Å²) in [5, 5.41) is 26.4. The first-order valence-corrected chi connectivity index (χ1v) is 11.6. The van der Waals surface area contributed by atoms with Gasteiger partial charge in [0.25, 0.3) is 5.91 Å². The van der Waals surface area contributed by atoms with Crippen molar-refractivity contribution in [1.29, 1.82) is 0 Å². The maximum absolute atomic E-state index is 12.2. The highest BCUT2D eigenvalue weighted by molar-refractivity contribution is 9.10. The van der Waals surface area contributed by atoms with Crippen LogP contribution in [0.4, 0.5) is 5.69 Å². The summed E-state index contributed by atoms with van der Waals surface area (Å²) in [4.78, 5) is 12.2. The minimum atomic E-state index is -0.324. The zero-order valence-electron chi connectivity index (χ0n) is 17.9. The molecule has 1 amide bonds. The number of aromatic hydroxyl groups is 1. The molecule has 2 aromatic carbocycles. The van der Waals surface area contributed by atoms with Gasteiger partial charge < -0.3 is 19.7 Å². The van der Waals surface area contributed by atoms with E-state index in [1.807, 2.05) is 34.9 Å². The summed E-state index contributed by atoms with van der Waals surface area (Å²) in [7, 11) is 1.45. The second kappa shape index (κ2) is 12.1. The smallest absolute Gasteiger partial charge is 0.250 e. The lowest BCUT2D eigenvalue weighted by atomic mass is 10.2. The third kappa shape index (κ3) is 6.83. The van der Waals surface area contributed by atoms with Crippen molar-refractivity contribution in [2.24, 2.45) is 5.10 Å². The van der Waals surface area contributed by atoms with Gasteiger partial charge in [0.2, 0.25) is 0 Å². The van der Waals surface area contributed by atoms with Crippen LogP contribution < -0.4 is 15.5 Å². The monoisotopic (exact) mass is 530 g/mol. The van der Waals surface area contributed by atoms with Crippen LogP contribution >= 0.6 is 27.7 Å². The number of amides is 1. The Bertz CT molecular complexity index is 1140. The van der Waals surface area contributed by atoms with E-state index in [4.69, 9.17) is 4.74 Å². The number of carbonyl (C=O) groups excluding carboxylic acids is 1. The number of benzene rings is 2. The average molecular weight is 531 g/mol. The van der Waals surface area contributed by atoms with Crippen molar-refractivity contribution in [1.82, 2.24) is 20.2 Å². The molecule has 1 aromatic heterocycles. The molecule has 11 heteroatoms. The van der Waals surface area contributed by atoms with Gasteiger partial charge in [0, 0.05) is 22.3 Å². The number of carbonyl (C=O) groups is 1. The number of methoxy groups -OCH3 is 1. The van der Waals surface area contributed by atoms with Crippen LogP contribution in [0.25, 0.3) is 0 Å². The van der Waals surface area contributed by atoms with E-state index in [0.717, 1.165) is 11.5 Å². The molecule has 0 aliphatic rings. The summed E-state index contributed by atoms with van der Waals surface area (Å²) in [5.74, 6) is 0.731. The van der Waals surface area contributed by atoms with Gasteiger partial charge in [0.1, 0.15) is 0 Å². The van der Waals surface area contributed by atoms with E-state index >= 15 is 0 Å². The van der Waals surface area contributed by atoms with Crippen molar-refractivity contribution < 1.29 is 14.6 Å². The van der Waals surface area contributed by atoms with Crippen LogP contribution in [0.1, 0.15) is 11.4 Å². The second-order valence-electron chi connectivity index (χ2n) is 6.65. The first kappa shape index (κ1) is 24.3. The zero-order chi connectivity index (χ0) is 23.6. The molecule has 0 atom stereocenters. The Labute approximate surface area is 204 Å². The van der Waals surface area contributed by atoms with Gasteiger partial charge in [-0.2, -0.15) is 5.10 Å². The number of anilines is 1. The first-order chi connectivity index (χ1) is 16.0. The predicted octanol–water partition coefficient (Wildman–Crippen LogP) is 3.80. The number of hydrogen-bond acceptors (Lipinski definition) is 8. The number of nitrogens with one attached hydrogen (secondary N) is 2. The number of allylic oxidation sites excluding steroid dienone is 1. The van der Waals surface area contributed by atoms with Crippen molar-refractivity contribution >= 4 is 45.5 Å². The van der Waals surface area contributed by atoms with Crippen LogP contribution in [-0.4, -0.2) is 44.9 Å². The van der Waals surface area contributed by atoms with E-state index in [1.54, 1.807) is 18.2 Å². The summed E-state index contributed by atoms with van der Waals surface area (Å²) in [5.41, 5.74) is 3.82. The van der Waals surface area contributed by atoms with Crippen LogP contribution in [0.15, 0.2) is 69.9 Å². The van der Waals surface area contributed by atoms with Crippen molar-refractivity contribution in [3.05, 3.63) is 71.0 Å². The Hall–Kier alpha value is -3.31. The number of phenolic OH excluding ortho intramolecular Hbond substituents is 1. The number of hydrogen-bond donors (Lipinski definition) is 3. The minimum absolute atomic E-state index is 0.0674. The Morgan fingerprint density at radius 3 is 2.85 bits per heavy atom. The van der Waals surface area contributed by atoms with E-state index in [2.05, 4.69) is 48.6 Å². The number of rotatable bonds is 11. The molecule has 3 rings (SSSR count). The maximum Gasteiger partial charge on any atom is 0.250 e. The van der Waals surface area contributed by atoms with Gasteiger partial charge in [-0.1, -0.05) is 52.0 Å². The van der Waals surface area contributed by atoms with Crippen LogP contribution in [-0.2, 0) is 17.9 Å². The van der Waals surface area contributed by atoms with Gasteiger partial charge in [-0.15, -0.1) is 16.8 Å².